The first-order valence-electron chi connectivity index (χ1n) is 7.85. The van der Waals surface area contributed by atoms with Crippen LogP contribution in [0.15, 0.2) is 29.6 Å². The zero-order chi connectivity index (χ0) is 17.4. The van der Waals surface area contributed by atoms with Crippen molar-refractivity contribution in [1.82, 2.24) is 14.8 Å². The van der Waals surface area contributed by atoms with Gasteiger partial charge in [0, 0.05) is 23.2 Å². The van der Waals surface area contributed by atoms with E-state index in [9.17, 15) is 4.79 Å². The Morgan fingerprint density at radius 2 is 2.16 bits per heavy atom. The standard InChI is InChI=1S/C17H16N4O3S/c1-3-21-10(2)6-12(20-21)16(22)19-17-18-13(8-25-17)11-4-5-14-15(7-11)24-9-23-14/h4-8H,3,9H2,1-2H3,(H,18,19,22). The number of thiazole rings is 1. The molecule has 0 unspecified atom stereocenters. The second-order valence-corrected chi connectivity index (χ2v) is 6.40. The minimum atomic E-state index is -0.262. The first kappa shape index (κ1) is 15.6. The molecule has 1 aliphatic heterocycles. The first-order valence-corrected chi connectivity index (χ1v) is 8.73. The maximum absolute atomic E-state index is 12.3. The number of ether oxygens (including phenoxy) is 2. The Morgan fingerprint density at radius 3 is 2.96 bits per heavy atom. The SMILES string of the molecule is CCn1nc(C(=O)Nc2nc(-c3ccc4c(c3)OCO4)cs2)cc1C. The van der Waals surface area contributed by atoms with Crippen molar-refractivity contribution in [2.45, 2.75) is 20.4 Å². The molecule has 2 aromatic heterocycles. The van der Waals surface area contributed by atoms with Crippen LogP contribution in [0, 0.1) is 6.92 Å². The fourth-order valence-corrected chi connectivity index (χ4v) is 3.34. The summed E-state index contributed by atoms with van der Waals surface area (Å²) in [6, 6.07) is 7.43. The van der Waals surface area contributed by atoms with Gasteiger partial charge >= 0.3 is 0 Å². The predicted molar refractivity (Wildman–Crippen MR) is 94.3 cm³/mol. The molecule has 1 aromatic carbocycles. The molecule has 7 nitrogen and oxygen atoms in total. The molecule has 4 rings (SSSR count). The van der Waals surface area contributed by atoms with Gasteiger partial charge < -0.3 is 9.47 Å². The highest BCUT2D eigenvalue weighted by atomic mass is 32.1. The van der Waals surface area contributed by atoms with Gasteiger partial charge in [-0.05, 0) is 38.1 Å². The molecule has 3 heterocycles. The lowest BCUT2D eigenvalue weighted by Gasteiger charge is -2.00. The molecule has 0 saturated heterocycles. The lowest BCUT2D eigenvalue weighted by molar-refractivity contribution is 0.102. The Labute approximate surface area is 148 Å². The van der Waals surface area contributed by atoms with Crippen molar-refractivity contribution >= 4 is 22.4 Å². The number of anilines is 1. The van der Waals surface area contributed by atoms with Gasteiger partial charge in [0.2, 0.25) is 6.79 Å². The number of nitrogens with one attached hydrogen (secondary N) is 1. The maximum Gasteiger partial charge on any atom is 0.277 e. The lowest BCUT2D eigenvalue weighted by atomic mass is 10.1. The third kappa shape index (κ3) is 2.96. The minimum Gasteiger partial charge on any atom is -0.454 e. The van der Waals surface area contributed by atoms with Crippen LogP contribution in [0.3, 0.4) is 0 Å². The summed E-state index contributed by atoms with van der Waals surface area (Å²) in [5, 5.41) is 9.50. The van der Waals surface area contributed by atoms with E-state index in [0.717, 1.165) is 29.2 Å². The Bertz CT molecular complexity index is 947. The van der Waals surface area contributed by atoms with Crippen LogP contribution in [0.25, 0.3) is 11.3 Å². The van der Waals surface area contributed by atoms with Crippen LogP contribution in [-0.2, 0) is 6.54 Å². The van der Waals surface area contributed by atoms with Gasteiger partial charge in [-0.1, -0.05) is 0 Å². The summed E-state index contributed by atoms with van der Waals surface area (Å²) in [4.78, 5) is 16.8. The Hall–Kier alpha value is -2.87. The largest absolute Gasteiger partial charge is 0.454 e. The number of benzene rings is 1. The molecule has 1 aliphatic rings. The maximum atomic E-state index is 12.3. The molecule has 0 bridgehead atoms. The zero-order valence-electron chi connectivity index (χ0n) is 13.8. The monoisotopic (exact) mass is 356 g/mol. The molecule has 1 amide bonds. The number of carbonyl (C=O) groups excluding carboxylic acids is 1. The van der Waals surface area contributed by atoms with E-state index in [1.165, 1.54) is 11.3 Å². The number of rotatable bonds is 4. The molecule has 0 spiro atoms. The van der Waals surface area contributed by atoms with Gasteiger partial charge in [-0.25, -0.2) is 4.98 Å². The topological polar surface area (TPSA) is 78.3 Å². The summed E-state index contributed by atoms with van der Waals surface area (Å²) in [6.07, 6.45) is 0. The van der Waals surface area contributed by atoms with E-state index < -0.39 is 0 Å². The van der Waals surface area contributed by atoms with Crippen molar-refractivity contribution in [1.29, 1.82) is 0 Å². The van der Waals surface area contributed by atoms with Crippen molar-refractivity contribution < 1.29 is 14.3 Å². The molecule has 1 N–H and O–H groups in total. The third-order valence-corrected chi connectivity index (χ3v) is 4.66. The molecule has 128 valence electrons. The molecule has 0 atom stereocenters. The Balaban J connectivity index is 1.52. The zero-order valence-corrected chi connectivity index (χ0v) is 14.6. The van der Waals surface area contributed by atoms with Crippen LogP contribution >= 0.6 is 11.3 Å². The van der Waals surface area contributed by atoms with Crippen molar-refractivity contribution in [3.05, 3.63) is 41.0 Å². The molecule has 0 radical (unpaired) electrons. The van der Waals surface area contributed by atoms with E-state index in [1.54, 1.807) is 10.7 Å². The molecule has 0 saturated carbocycles. The highest BCUT2D eigenvalue weighted by Gasteiger charge is 2.17. The number of fused-ring (bicyclic) bond motifs is 1. The van der Waals surface area contributed by atoms with Crippen LogP contribution in [0.2, 0.25) is 0 Å². The molecule has 25 heavy (non-hydrogen) atoms. The van der Waals surface area contributed by atoms with E-state index in [4.69, 9.17) is 9.47 Å². The van der Waals surface area contributed by atoms with Gasteiger partial charge in [0.05, 0.1) is 5.69 Å². The van der Waals surface area contributed by atoms with Gasteiger partial charge in [-0.2, -0.15) is 5.10 Å². The van der Waals surface area contributed by atoms with Crippen LogP contribution in [0.5, 0.6) is 11.5 Å². The summed E-state index contributed by atoms with van der Waals surface area (Å²) in [6.45, 7) is 4.88. The second kappa shape index (κ2) is 6.21. The van der Waals surface area contributed by atoms with Gasteiger partial charge in [-0.3, -0.25) is 14.8 Å². The quantitative estimate of drug-likeness (QED) is 0.776. The van der Waals surface area contributed by atoms with Crippen LogP contribution in [0.1, 0.15) is 23.1 Å². The average Bonchev–Trinajstić information content (AvgIpc) is 3.32. The fraction of sp³-hybridized carbons (Fsp3) is 0.235. The van der Waals surface area contributed by atoms with Crippen LogP contribution < -0.4 is 14.8 Å². The molecular formula is C17H16N4O3S. The van der Waals surface area contributed by atoms with E-state index >= 15 is 0 Å². The van der Waals surface area contributed by atoms with Crippen molar-refractivity contribution in [2.75, 3.05) is 12.1 Å². The highest BCUT2D eigenvalue weighted by Crippen LogP contribution is 2.36. The van der Waals surface area contributed by atoms with E-state index in [0.29, 0.717) is 16.6 Å². The second-order valence-electron chi connectivity index (χ2n) is 5.55. The summed E-state index contributed by atoms with van der Waals surface area (Å²) in [5.74, 6) is 1.17. The normalized spacial score (nSPS) is 12.4. The van der Waals surface area contributed by atoms with E-state index in [1.807, 2.05) is 37.4 Å². The predicted octanol–water partition coefficient (Wildman–Crippen LogP) is 3.32. The summed E-state index contributed by atoms with van der Waals surface area (Å²) < 4.78 is 12.5. The highest BCUT2D eigenvalue weighted by molar-refractivity contribution is 7.14. The van der Waals surface area contributed by atoms with E-state index in [-0.39, 0.29) is 12.7 Å². The van der Waals surface area contributed by atoms with Gasteiger partial charge in [-0.15, -0.1) is 11.3 Å². The minimum absolute atomic E-state index is 0.237. The Kier molecular flexibility index (Phi) is 3.89. The number of hydrogen-bond acceptors (Lipinski definition) is 6. The summed E-state index contributed by atoms with van der Waals surface area (Å²) in [7, 11) is 0. The van der Waals surface area contributed by atoms with Gasteiger partial charge in [0.1, 0.15) is 0 Å². The van der Waals surface area contributed by atoms with Gasteiger partial charge in [0.15, 0.2) is 22.3 Å². The Morgan fingerprint density at radius 1 is 1.32 bits per heavy atom. The van der Waals surface area contributed by atoms with Gasteiger partial charge in [0.25, 0.3) is 5.91 Å². The number of aromatic nitrogens is 3. The number of aryl methyl sites for hydroxylation is 2. The van der Waals surface area contributed by atoms with E-state index in [2.05, 4.69) is 15.4 Å². The number of nitrogens with zero attached hydrogens (tertiary/aromatic N) is 3. The average molecular weight is 356 g/mol. The van der Waals surface area contributed by atoms with Crippen LogP contribution in [0.4, 0.5) is 5.13 Å². The fourth-order valence-electron chi connectivity index (χ4n) is 2.62. The number of hydrogen-bond donors (Lipinski definition) is 1. The van der Waals surface area contributed by atoms with Crippen molar-refractivity contribution in [3.8, 4) is 22.8 Å². The summed E-state index contributed by atoms with van der Waals surface area (Å²) in [5.41, 5.74) is 3.02. The first-order chi connectivity index (χ1) is 12.1. The third-order valence-electron chi connectivity index (χ3n) is 3.91. The molecular weight excluding hydrogens is 340 g/mol. The summed E-state index contributed by atoms with van der Waals surface area (Å²) >= 11 is 1.37. The molecule has 0 fully saturated rings. The number of carbonyl (C=O) groups is 1. The van der Waals surface area contributed by atoms with Crippen LogP contribution in [-0.4, -0.2) is 27.5 Å². The van der Waals surface area contributed by atoms with Crippen molar-refractivity contribution in [3.63, 3.8) is 0 Å². The van der Waals surface area contributed by atoms with Crippen molar-refractivity contribution in [2.24, 2.45) is 0 Å². The smallest absolute Gasteiger partial charge is 0.277 e. The molecule has 0 aliphatic carbocycles. The molecule has 3 aromatic rings. The number of amides is 1. The lowest BCUT2D eigenvalue weighted by Crippen LogP contribution is -2.13. The molecule has 8 heteroatoms.